The van der Waals surface area contributed by atoms with Gasteiger partial charge in [-0.15, -0.1) is 0 Å². The van der Waals surface area contributed by atoms with E-state index >= 15 is 0 Å². The van der Waals surface area contributed by atoms with Crippen LogP contribution in [0.2, 0.25) is 0 Å². The number of nitrogens with one attached hydrogen (secondary N) is 1. The summed E-state index contributed by atoms with van der Waals surface area (Å²) in [7, 11) is 0. The highest BCUT2D eigenvalue weighted by atomic mass is 16.5. The molecule has 1 aromatic carbocycles. The summed E-state index contributed by atoms with van der Waals surface area (Å²) in [6.07, 6.45) is 4.12. The Labute approximate surface area is 139 Å². The molecule has 0 amide bonds. The van der Waals surface area contributed by atoms with E-state index in [2.05, 4.69) is 22.1 Å². The van der Waals surface area contributed by atoms with Gasteiger partial charge in [0.1, 0.15) is 5.75 Å². The molecular formula is C18H30N4O. The number of ether oxygens (including phenoxy) is 1. The van der Waals surface area contributed by atoms with Crippen molar-refractivity contribution in [1.29, 1.82) is 0 Å². The van der Waals surface area contributed by atoms with Crippen molar-refractivity contribution in [3.8, 4) is 5.75 Å². The van der Waals surface area contributed by atoms with Gasteiger partial charge in [0.2, 0.25) is 0 Å². The number of aliphatic imine (C=N–C) groups is 1. The van der Waals surface area contributed by atoms with E-state index in [1.54, 1.807) is 0 Å². The fourth-order valence-corrected chi connectivity index (χ4v) is 2.87. The Hall–Kier alpha value is -1.75. The first-order valence-electron chi connectivity index (χ1n) is 8.62. The second-order valence-corrected chi connectivity index (χ2v) is 6.46. The number of hydrogen-bond donors (Lipinski definition) is 2. The van der Waals surface area contributed by atoms with Crippen LogP contribution >= 0.6 is 0 Å². The van der Waals surface area contributed by atoms with Crippen molar-refractivity contribution in [2.75, 3.05) is 25.0 Å². The predicted molar refractivity (Wildman–Crippen MR) is 97.2 cm³/mol. The molecule has 1 fully saturated rings. The Morgan fingerprint density at radius 2 is 2.09 bits per heavy atom. The molecule has 3 N–H and O–H groups in total. The minimum atomic E-state index is 0.178. The van der Waals surface area contributed by atoms with Crippen molar-refractivity contribution < 1.29 is 4.74 Å². The maximum Gasteiger partial charge on any atom is 0.193 e. The van der Waals surface area contributed by atoms with Gasteiger partial charge >= 0.3 is 0 Å². The number of benzene rings is 1. The van der Waals surface area contributed by atoms with Crippen molar-refractivity contribution in [3.63, 3.8) is 0 Å². The fraction of sp³-hybridized carbons (Fsp3) is 0.611. The topological polar surface area (TPSA) is 62.9 Å². The van der Waals surface area contributed by atoms with E-state index in [-0.39, 0.29) is 6.10 Å². The van der Waals surface area contributed by atoms with Gasteiger partial charge in [-0.05, 0) is 64.4 Å². The molecule has 0 radical (unpaired) electrons. The van der Waals surface area contributed by atoms with E-state index in [9.17, 15) is 0 Å². The van der Waals surface area contributed by atoms with Gasteiger partial charge in [0, 0.05) is 18.3 Å². The number of hydrogen-bond acceptors (Lipinski definition) is 3. The Bertz CT molecular complexity index is 498. The second kappa shape index (κ2) is 8.77. The van der Waals surface area contributed by atoms with E-state index in [4.69, 9.17) is 10.5 Å². The minimum Gasteiger partial charge on any atom is -0.491 e. The number of likely N-dealkylation sites (tertiary alicyclic amines) is 1. The number of rotatable bonds is 6. The van der Waals surface area contributed by atoms with E-state index < -0.39 is 0 Å². The highest BCUT2D eigenvalue weighted by Crippen LogP contribution is 2.17. The summed E-state index contributed by atoms with van der Waals surface area (Å²) in [5, 5.41) is 3.13. The quantitative estimate of drug-likeness (QED) is 0.625. The van der Waals surface area contributed by atoms with Gasteiger partial charge in [-0.25, -0.2) is 0 Å². The molecule has 5 heteroatoms. The summed E-state index contributed by atoms with van der Waals surface area (Å²) < 4.78 is 5.62. The smallest absolute Gasteiger partial charge is 0.193 e. The van der Waals surface area contributed by atoms with E-state index in [0.717, 1.165) is 24.5 Å². The molecule has 5 nitrogen and oxygen atoms in total. The van der Waals surface area contributed by atoms with Crippen molar-refractivity contribution in [3.05, 3.63) is 24.3 Å². The van der Waals surface area contributed by atoms with Crippen LogP contribution in [0.5, 0.6) is 5.75 Å². The summed E-state index contributed by atoms with van der Waals surface area (Å²) >= 11 is 0. The molecule has 0 bridgehead atoms. The van der Waals surface area contributed by atoms with Crippen LogP contribution in [0.1, 0.15) is 40.0 Å². The number of piperidine rings is 1. The molecule has 0 aromatic heterocycles. The molecule has 1 atom stereocenters. The van der Waals surface area contributed by atoms with Crippen LogP contribution in [-0.4, -0.2) is 42.6 Å². The first kappa shape index (κ1) is 17.6. The first-order valence-corrected chi connectivity index (χ1v) is 8.62. The molecule has 1 aliphatic rings. The molecule has 0 saturated carbocycles. The molecular weight excluding hydrogens is 288 g/mol. The number of nitrogens with two attached hydrogens (primary N) is 1. The summed E-state index contributed by atoms with van der Waals surface area (Å²) in [4.78, 5) is 6.93. The summed E-state index contributed by atoms with van der Waals surface area (Å²) in [5.41, 5.74) is 6.89. The van der Waals surface area contributed by atoms with Crippen molar-refractivity contribution in [1.82, 2.24) is 4.90 Å². The summed E-state index contributed by atoms with van der Waals surface area (Å²) in [5.74, 6) is 1.33. The van der Waals surface area contributed by atoms with Gasteiger partial charge in [0.25, 0.3) is 0 Å². The molecule has 1 aliphatic heterocycles. The number of nitrogens with zero attached hydrogens (tertiary/aromatic N) is 2. The monoisotopic (exact) mass is 318 g/mol. The lowest BCUT2D eigenvalue weighted by atomic mass is 10.0. The third-order valence-corrected chi connectivity index (χ3v) is 4.11. The Morgan fingerprint density at radius 3 is 2.74 bits per heavy atom. The SMILES string of the molecule is CC(C)Oc1ccc(NC(N)=NCCN2CCCCC2C)cc1. The fourth-order valence-electron chi connectivity index (χ4n) is 2.87. The number of guanidine groups is 1. The largest absolute Gasteiger partial charge is 0.491 e. The molecule has 1 heterocycles. The normalized spacial score (nSPS) is 19.8. The van der Waals surface area contributed by atoms with Gasteiger partial charge in [-0.3, -0.25) is 9.89 Å². The van der Waals surface area contributed by atoms with Crippen LogP contribution in [0.15, 0.2) is 29.3 Å². The maximum atomic E-state index is 5.96. The lowest BCUT2D eigenvalue weighted by Crippen LogP contribution is -2.39. The van der Waals surface area contributed by atoms with Gasteiger partial charge in [0.15, 0.2) is 5.96 Å². The molecule has 128 valence electrons. The Balaban J connectivity index is 1.77. The van der Waals surface area contributed by atoms with Crippen LogP contribution in [0.4, 0.5) is 5.69 Å². The highest BCUT2D eigenvalue weighted by Gasteiger charge is 2.16. The summed E-state index contributed by atoms with van der Waals surface area (Å²) in [6, 6.07) is 8.44. The van der Waals surface area contributed by atoms with E-state index in [0.29, 0.717) is 12.0 Å². The molecule has 0 aliphatic carbocycles. The van der Waals surface area contributed by atoms with Crippen molar-refractivity contribution in [2.24, 2.45) is 10.7 Å². The van der Waals surface area contributed by atoms with Gasteiger partial charge in [-0.1, -0.05) is 6.42 Å². The van der Waals surface area contributed by atoms with E-state index in [1.807, 2.05) is 38.1 Å². The lowest BCUT2D eigenvalue weighted by Gasteiger charge is -2.32. The average Bonchev–Trinajstić information content (AvgIpc) is 2.51. The standard InChI is InChI=1S/C18H30N4O/c1-14(2)23-17-9-7-16(8-10-17)21-18(19)20-11-13-22-12-5-4-6-15(22)3/h7-10,14-15H,4-6,11-13H2,1-3H3,(H3,19,20,21). The van der Waals surface area contributed by atoms with Crippen molar-refractivity contribution in [2.45, 2.75) is 52.2 Å². The van der Waals surface area contributed by atoms with Gasteiger partial charge < -0.3 is 15.8 Å². The molecule has 23 heavy (non-hydrogen) atoms. The molecule has 1 aromatic rings. The highest BCUT2D eigenvalue weighted by molar-refractivity contribution is 5.92. The van der Waals surface area contributed by atoms with Crippen LogP contribution < -0.4 is 15.8 Å². The Kier molecular flexibility index (Phi) is 6.71. The number of anilines is 1. The minimum absolute atomic E-state index is 0.178. The Morgan fingerprint density at radius 1 is 1.35 bits per heavy atom. The zero-order chi connectivity index (χ0) is 16.7. The third kappa shape index (κ3) is 6.10. The summed E-state index contributed by atoms with van der Waals surface area (Å²) in [6.45, 7) is 9.22. The second-order valence-electron chi connectivity index (χ2n) is 6.46. The molecule has 1 unspecified atom stereocenters. The predicted octanol–water partition coefficient (Wildman–Crippen LogP) is 3.07. The van der Waals surface area contributed by atoms with Gasteiger partial charge in [-0.2, -0.15) is 0 Å². The maximum absolute atomic E-state index is 5.96. The van der Waals surface area contributed by atoms with Crippen LogP contribution in [0, 0.1) is 0 Å². The van der Waals surface area contributed by atoms with Crippen LogP contribution in [-0.2, 0) is 0 Å². The average molecular weight is 318 g/mol. The van der Waals surface area contributed by atoms with Crippen LogP contribution in [0.3, 0.4) is 0 Å². The van der Waals surface area contributed by atoms with Crippen LogP contribution in [0.25, 0.3) is 0 Å². The lowest BCUT2D eigenvalue weighted by molar-refractivity contribution is 0.166. The molecule has 1 saturated heterocycles. The molecule has 0 spiro atoms. The van der Waals surface area contributed by atoms with E-state index in [1.165, 1.54) is 25.8 Å². The van der Waals surface area contributed by atoms with Crippen molar-refractivity contribution >= 4 is 11.6 Å². The van der Waals surface area contributed by atoms with Gasteiger partial charge in [0.05, 0.1) is 12.6 Å². The third-order valence-electron chi connectivity index (χ3n) is 4.11. The first-order chi connectivity index (χ1) is 11.0. The molecule has 2 rings (SSSR count). The zero-order valence-electron chi connectivity index (χ0n) is 14.6. The zero-order valence-corrected chi connectivity index (χ0v) is 14.6.